The number of carbonyl (C=O) groups is 1. The first-order chi connectivity index (χ1) is 10.3. The van der Waals surface area contributed by atoms with Crippen LogP contribution in [-0.2, 0) is 6.54 Å². The van der Waals surface area contributed by atoms with Crippen LogP contribution in [0.3, 0.4) is 0 Å². The number of amides is 1. The molecule has 0 saturated heterocycles. The Morgan fingerprint density at radius 3 is 2.33 bits per heavy atom. The molecule has 0 fully saturated rings. The van der Waals surface area contributed by atoms with Gasteiger partial charge in [-0.1, -0.05) is 57.9 Å². The first-order valence-electron chi connectivity index (χ1n) is 8.21. The van der Waals surface area contributed by atoms with Crippen molar-refractivity contribution in [3.63, 3.8) is 0 Å². The largest absolute Gasteiger partial charge is 0.351 e. The second kappa shape index (κ2) is 11.3. The van der Waals surface area contributed by atoms with E-state index >= 15 is 0 Å². The molecule has 0 unspecified atom stereocenters. The summed E-state index contributed by atoms with van der Waals surface area (Å²) in [6, 6.07) is 3.57. The zero-order chi connectivity index (χ0) is 15.3. The Morgan fingerprint density at radius 2 is 1.76 bits per heavy atom. The Balaban J connectivity index is 2.05. The van der Waals surface area contributed by atoms with Crippen molar-refractivity contribution in [3.05, 3.63) is 29.6 Å². The van der Waals surface area contributed by atoms with Crippen molar-refractivity contribution in [2.45, 2.75) is 64.8 Å². The molecule has 1 aromatic rings. The number of nitrogens with one attached hydrogen (secondary N) is 1. The molecule has 1 rings (SSSR count). The molecule has 4 nitrogen and oxygen atoms in total. The predicted molar refractivity (Wildman–Crippen MR) is 87.1 cm³/mol. The number of nitrogens with two attached hydrogens (primary N) is 1. The third-order valence-electron chi connectivity index (χ3n) is 3.61. The third-order valence-corrected chi connectivity index (χ3v) is 3.61. The summed E-state index contributed by atoms with van der Waals surface area (Å²) >= 11 is 0. The summed E-state index contributed by atoms with van der Waals surface area (Å²) in [7, 11) is 0. The van der Waals surface area contributed by atoms with Crippen molar-refractivity contribution in [1.29, 1.82) is 0 Å². The molecule has 118 valence electrons. The Hall–Kier alpha value is -1.42. The number of aromatic nitrogens is 1. The molecular formula is C17H29N3O. The number of hydrogen-bond donors (Lipinski definition) is 2. The summed E-state index contributed by atoms with van der Waals surface area (Å²) in [5.41, 5.74) is 6.90. The van der Waals surface area contributed by atoms with Gasteiger partial charge in [0.05, 0.1) is 0 Å². The number of rotatable bonds is 11. The lowest BCUT2D eigenvalue weighted by atomic mass is 10.1. The molecule has 0 radical (unpaired) electrons. The van der Waals surface area contributed by atoms with E-state index in [1.54, 1.807) is 12.3 Å². The van der Waals surface area contributed by atoms with Crippen molar-refractivity contribution in [2.24, 2.45) is 5.73 Å². The molecule has 0 atom stereocenters. The number of carbonyl (C=O) groups excluding carboxylic acids is 1. The van der Waals surface area contributed by atoms with Gasteiger partial charge in [-0.2, -0.15) is 0 Å². The van der Waals surface area contributed by atoms with Crippen LogP contribution in [0.5, 0.6) is 0 Å². The molecule has 1 amide bonds. The number of hydrogen-bond acceptors (Lipinski definition) is 3. The van der Waals surface area contributed by atoms with Crippen molar-refractivity contribution in [1.82, 2.24) is 10.3 Å². The SMILES string of the molecule is CCCCCCCCCCNC(=O)c1ccc(CN)cn1. The molecular weight excluding hydrogens is 262 g/mol. The average molecular weight is 291 g/mol. The first-order valence-corrected chi connectivity index (χ1v) is 8.21. The van der Waals surface area contributed by atoms with E-state index in [4.69, 9.17) is 5.73 Å². The summed E-state index contributed by atoms with van der Waals surface area (Å²) in [5, 5.41) is 2.91. The van der Waals surface area contributed by atoms with Gasteiger partial charge in [0.2, 0.25) is 0 Å². The molecule has 0 aliphatic heterocycles. The lowest BCUT2D eigenvalue weighted by Crippen LogP contribution is -2.25. The van der Waals surface area contributed by atoms with Gasteiger partial charge in [-0.3, -0.25) is 9.78 Å². The minimum absolute atomic E-state index is 0.0958. The van der Waals surface area contributed by atoms with E-state index in [9.17, 15) is 4.79 Å². The maximum absolute atomic E-state index is 11.8. The van der Waals surface area contributed by atoms with Crippen molar-refractivity contribution in [3.8, 4) is 0 Å². The van der Waals surface area contributed by atoms with E-state index in [1.807, 2.05) is 6.07 Å². The van der Waals surface area contributed by atoms with Crippen LogP contribution < -0.4 is 11.1 Å². The minimum atomic E-state index is -0.0958. The lowest BCUT2D eigenvalue weighted by molar-refractivity contribution is 0.0948. The van der Waals surface area contributed by atoms with Crippen molar-refractivity contribution >= 4 is 5.91 Å². The molecule has 4 heteroatoms. The van der Waals surface area contributed by atoms with E-state index in [0.29, 0.717) is 12.2 Å². The highest BCUT2D eigenvalue weighted by Crippen LogP contribution is 2.08. The van der Waals surface area contributed by atoms with E-state index in [0.717, 1.165) is 18.5 Å². The summed E-state index contributed by atoms with van der Waals surface area (Å²) in [6.45, 7) is 3.42. The molecule has 3 N–H and O–H groups in total. The van der Waals surface area contributed by atoms with Crippen LogP contribution in [0.25, 0.3) is 0 Å². The molecule has 0 aliphatic carbocycles. The predicted octanol–water partition coefficient (Wildman–Crippen LogP) is 3.41. The fourth-order valence-electron chi connectivity index (χ4n) is 2.23. The van der Waals surface area contributed by atoms with Gasteiger partial charge in [-0.05, 0) is 18.1 Å². The number of pyridine rings is 1. The van der Waals surface area contributed by atoms with Gasteiger partial charge < -0.3 is 11.1 Å². The van der Waals surface area contributed by atoms with E-state index in [-0.39, 0.29) is 5.91 Å². The fourth-order valence-corrected chi connectivity index (χ4v) is 2.23. The van der Waals surface area contributed by atoms with Crippen LogP contribution in [0, 0.1) is 0 Å². The number of unbranched alkanes of at least 4 members (excludes halogenated alkanes) is 7. The molecule has 0 bridgehead atoms. The first kappa shape index (κ1) is 17.6. The summed E-state index contributed by atoms with van der Waals surface area (Å²) in [6.07, 6.45) is 11.8. The normalized spacial score (nSPS) is 10.6. The maximum atomic E-state index is 11.8. The highest BCUT2D eigenvalue weighted by molar-refractivity contribution is 5.92. The van der Waals surface area contributed by atoms with E-state index in [1.165, 1.54) is 44.9 Å². The monoisotopic (exact) mass is 291 g/mol. The van der Waals surface area contributed by atoms with E-state index in [2.05, 4.69) is 17.2 Å². The van der Waals surface area contributed by atoms with Crippen LogP contribution in [0.1, 0.15) is 74.3 Å². The van der Waals surface area contributed by atoms with Gasteiger partial charge in [-0.25, -0.2) is 0 Å². The molecule has 0 aliphatic rings. The summed E-state index contributed by atoms with van der Waals surface area (Å²) in [5.74, 6) is -0.0958. The minimum Gasteiger partial charge on any atom is -0.351 e. The van der Waals surface area contributed by atoms with Gasteiger partial charge >= 0.3 is 0 Å². The smallest absolute Gasteiger partial charge is 0.269 e. The van der Waals surface area contributed by atoms with Gasteiger partial charge in [-0.15, -0.1) is 0 Å². The quantitative estimate of drug-likeness (QED) is 0.614. The van der Waals surface area contributed by atoms with Crippen LogP contribution in [0.2, 0.25) is 0 Å². The molecule has 0 saturated carbocycles. The van der Waals surface area contributed by atoms with Gasteiger partial charge in [0.15, 0.2) is 0 Å². The Morgan fingerprint density at radius 1 is 1.10 bits per heavy atom. The van der Waals surface area contributed by atoms with Gasteiger partial charge in [0.1, 0.15) is 5.69 Å². The fraction of sp³-hybridized carbons (Fsp3) is 0.647. The van der Waals surface area contributed by atoms with Gasteiger partial charge in [0, 0.05) is 19.3 Å². The summed E-state index contributed by atoms with van der Waals surface area (Å²) in [4.78, 5) is 16.0. The van der Waals surface area contributed by atoms with Crippen molar-refractivity contribution < 1.29 is 4.79 Å². The highest BCUT2D eigenvalue weighted by atomic mass is 16.1. The zero-order valence-electron chi connectivity index (χ0n) is 13.2. The molecule has 21 heavy (non-hydrogen) atoms. The molecule has 0 aromatic carbocycles. The van der Waals surface area contributed by atoms with E-state index < -0.39 is 0 Å². The topological polar surface area (TPSA) is 68.0 Å². The molecule has 1 heterocycles. The van der Waals surface area contributed by atoms with Crippen LogP contribution in [0.15, 0.2) is 18.3 Å². The Kier molecular flexibility index (Phi) is 9.46. The standard InChI is InChI=1S/C17H29N3O/c1-2-3-4-5-6-7-8-9-12-19-17(21)16-11-10-15(13-18)14-20-16/h10-11,14H,2-9,12-13,18H2,1H3,(H,19,21). The van der Waals surface area contributed by atoms with Crippen molar-refractivity contribution in [2.75, 3.05) is 6.54 Å². The molecule has 0 spiro atoms. The van der Waals surface area contributed by atoms with Crippen LogP contribution >= 0.6 is 0 Å². The zero-order valence-corrected chi connectivity index (χ0v) is 13.2. The molecule has 1 aromatic heterocycles. The second-order valence-corrected chi connectivity index (χ2v) is 5.49. The second-order valence-electron chi connectivity index (χ2n) is 5.49. The highest BCUT2D eigenvalue weighted by Gasteiger charge is 2.05. The van der Waals surface area contributed by atoms with Crippen LogP contribution in [-0.4, -0.2) is 17.4 Å². The third kappa shape index (κ3) is 7.81. The van der Waals surface area contributed by atoms with Crippen LogP contribution in [0.4, 0.5) is 0 Å². The maximum Gasteiger partial charge on any atom is 0.269 e. The number of nitrogens with zero attached hydrogens (tertiary/aromatic N) is 1. The van der Waals surface area contributed by atoms with Gasteiger partial charge in [0.25, 0.3) is 5.91 Å². The lowest BCUT2D eigenvalue weighted by Gasteiger charge is -2.05. The Labute approximate surface area is 128 Å². The summed E-state index contributed by atoms with van der Waals surface area (Å²) < 4.78 is 0. The average Bonchev–Trinajstić information content (AvgIpc) is 2.53. The Bertz CT molecular complexity index is 390.